The Morgan fingerprint density at radius 1 is 1.21 bits per heavy atom. The molecule has 0 radical (unpaired) electrons. The second kappa shape index (κ2) is 8.64. The predicted octanol–water partition coefficient (Wildman–Crippen LogP) is 3.69. The van der Waals surface area contributed by atoms with Crippen molar-refractivity contribution in [3.8, 4) is 11.5 Å². The van der Waals surface area contributed by atoms with Crippen molar-refractivity contribution in [2.24, 2.45) is 0 Å². The molecule has 0 amide bonds. The Bertz CT molecular complexity index is 909. The number of allylic oxidation sites excluding steroid dienone is 1. The molecule has 0 aliphatic carbocycles. The van der Waals surface area contributed by atoms with Crippen molar-refractivity contribution in [3.05, 3.63) is 39.8 Å². The number of carbonyl (C=O) groups is 1. The predicted molar refractivity (Wildman–Crippen MR) is 108 cm³/mol. The van der Waals surface area contributed by atoms with E-state index in [2.05, 4.69) is 31.3 Å². The van der Waals surface area contributed by atoms with Gasteiger partial charge in [0, 0.05) is 5.70 Å². The summed E-state index contributed by atoms with van der Waals surface area (Å²) >= 11 is 3.57. The Kier molecular flexibility index (Phi) is 6.23. The Balaban J connectivity index is 2.17. The molecule has 1 aliphatic rings. The van der Waals surface area contributed by atoms with Gasteiger partial charge in [-0.2, -0.15) is 10.1 Å². The number of anilines is 1. The second-order valence-corrected chi connectivity index (χ2v) is 6.87. The summed E-state index contributed by atoms with van der Waals surface area (Å²) < 4.78 is 19.2. The standard InChI is InChI=1S/C19H23BrN4O4/c1-5-26-14-9-12(8-13(20)17(14)27-6-2)16-15(18(25)28-7-3)11(4)23-19-21-10-22-24(16)19/h8-10,16H,5-7H2,1-4H3,(H,21,22,23). The van der Waals surface area contributed by atoms with E-state index in [0.717, 1.165) is 10.0 Å². The van der Waals surface area contributed by atoms with E-state index in [1.165, 1.54) is 6.33 Å². The number of fused-ring (bicyclic) bond motifs is 1. The van der Waals surface area contributed by atoms with Crippen LogP contribution < -0.4 is 14.8 Å². The molecule has 0 saturated heterocycles. The lowest BCUT2D eigenvalue weighted by Crippen LogP contribution is -2.29. The summed E-state index contributed by atoms with van der Waals surface area (Å²) in [7, 11) is 0. The molecule has 1 unspecified atom stereocenters. The van der Waals surface area contributed by atoms with Gasteiger partial charge in [0.25, 0.3) is 0 Å². The average molecular weight is 451 g/mol. The molecule has 0 saturated carbocycles. The van der Waals surface area contributed by atoms with Crippen molar-refractivity contribution in [3.63, 3.8) is 0 Å². The van der Waals surface area contributed by atoms with Crippen LogP contribution in [0.3, 0.4) is 0 Å². The summed E-state index contributed by atoms with van der Waals surface area (Å²) in [5.41, 5.74) is 1.94. The zero-order valence-electron chi connectivity index (χ0n) is 16.3. The average Bonchev–Trinajstić information content (AvgIpc) is 3.11. The quantitative estimate of drug-likeness (QED) is 0.643. The summed E-state index contributed by atoms with van der Waals surface area (Å²) in [5.74, 6) is 1.37. The molecule has 1 aromatic carbocycles. The minimum Gasteiger partial charge on any atom is -0.490 e. The van der Waals surface area contributed by atoms with Crippen molar-refractivity contribution in [1.82, 2.24) is 14.8 Å². The summed E-state index contributed by atoms with van der Waals surface area (Å²) in [4.78, 5) is 17.0. The molecule has 0 fully saturated rings. The van der Waals surface area contributed by atoms with Gasteiger partial charge in [-0.25, -0.2) is 9.48 Å². The maximum absolute atomic E-state index is 12.7. The number of hydrogen-bond acceptors (Lipinski definition) is 7. The zero-order valence-corrected chi connectivity index (χ0v) is 17.9. The van der Waals surface area contributed by atoms with Gasteiger partial charge >= 0.3 is 5.97 Å². The number of benzene rings is 1. The van der Waals surface area contributed by atoms with E-state index in [1.54, 1.807) is 11.6 Å². The van der Waals surface area contributed by atoms with Crippen molar-refractivity contribution < 1.29 is 19.0 Å². The number of aromatic nitrogens is 3. The van der Waals surface area contributed by atoms with Crippen LogP contribution in [0.5, 0.6) is 11.5 Å². The molecule has 9 heteroatoms. The van der Waals surface area contributed by atoms with Crippen LogP contribution in [0.15, 0.2) is 34.2 Å². The largest absolute Gasteiger partial charge is 0.490 e. The number of nitrogens with one attached hydrogen (secondary N) is 1. The van der Waals surface area contributed by atoms with Gasteiger partial charge in [-0.15, -0.1) is 0 Å². The molecule has 28 heavy (non-hydrogen) atoms. The van der Waals surface area contributed by atoms with Gasteiger partial charge in [0.2, 0.25) is 5.95 Å². The van der Waals surface area contributed by atoms with E-state index in [4.69, 9.17) is 14.2 Å². The number of halogens is 1. The van der Waals surface area contributed by atoms with Crippen molar-refractivity contribution >= 4 is 27.8 Å². The normalized spacial score (nSPS) is 15.7. The molecule has 1 aromatic heterocycles. The van der Waals surface area contributed by atoms with E-state index < -0.39 is 12.0 Å². The summed E-state index contributed by atoms with van der Waals surface area (Å²) in [6, 6.07) is 3.26. The van der Waals surface area contributed by atoms with Crippen LogP contribution in [0.2, 0.25) is 0 Å². The molecule has 3 rings (SSSR count). The third kappa shape index (κ3) is 3.71. The lowest BCUT2D eigenvalue weighted by molar-refractivity contribution is -0.139. The number of ether oxygens (including phenoxy) is 3. The SMILES string of the molecule is CCOC(=O)C1=C(C)Nc2ncnn2C1c1cc(Br)c(OCC)c(OCC)c1. The zero-order chi connectivity index (χ0) is 20.3. The molecule has 2 heterocycles. The van der Waals surface area contributed by atoms with Crippen LogP contribution in [0.1, 0.15) is 39.3 Å². The first-order valence-corrected chi connectivity index (χ1v) is 9.94. The molecule has 150 valence electrons. The van der Waals surface area contributed by atoms with Gasteiger partial charge in [-0.3, -0.25) is 0 Å². The maximum Gasteiger partial charge on any atom is 0.338 e. The lowest BCUT2D eigenvalue weighted by atomic mass is 9.95. The fourth-order valence-corrected chi connectivity index (χ4v) is 3.74. The highest BCUT2D eigenvalue weighted by Crippen LogP contribution is 2.42. The van der Waals surface area contributed by atoms with Crippen LogP contribution >= 0.6 is 15.9 Å². The fraction of sp³-hybridized carbons (Fsp3) is 0.421. The number of nitrogens with zero attached hydrogens (tertiary/aromatic N) is 3. The minimum atomic E-state index is -0.510. The Morgan fingerprint density at radius 3 is 2.64 bits per heavy atom. The van der Waals surface area contributed by atoms with Gasteiger partial charge < -0.3 is 19.5 Å². The topological polar surface area (TPSA) is 87.5 Å². The van der Waals surface area contributed by atoms with E-state index in [9.17, 15) is 4.79 Å². The smallest absolute Gasteiger partial charge is 0.338 e. The Morgan fingerprint density at radius 2 is 1.96 bits per heavy atom. The molecule has 8 nitrogen and oxygen atoms in total. The second-order valence-electron chi connectivity index (χ2n) is 6.01. The van der Waals surface area contributed by atoms with Crippen molar-refractivity contribution in [1.29, 1.82) is 0 Å². The lowest BCUT2D eigenvalue weighted by Gasteiger charge is -2.28. The monoisotopic (exact) mass is 450 g/mol. The first-order chi connectivity index (χ1) is 13.5. The molecule has 0 bridgehead atoms. The van der Waals surface area contributed by atoms with Crippen molar-refractivity contribution in [2.75, 3.05) is 25.1 Å². The summed E-state index contributed by atoms with van der Waals surface area (Å²) in [6.45, 7) is 8.69. The van der Waals surface area contributed by atoms with Crippen LogP contribution in [0, 0.1) is 0 Å². The summed E-state index contributed by atoms with van der Waals surface area (Å²) in [5, 5.41) is 7.44. The first kappa shape index (κ1) is 20.2. The van der Waals surface area contributed by atoms with Gasteiger partial charge in [0.15, 0.2) is 11.5 Å². The molecule has 2 aromatic rings. The van der Waals surface area contributed by atoms with Gasteiger partial charge in [-0.1, -0.05) is 0 Å². The highest BCUT2D eigenvalue weighted by Gasteiger charge is 2.35. The van der Waals surface area contributed by atoms with Crippen LogP contribution in [0.25, 0.3) is 0 Å². The summed E-state index contributed by atoms with van der Waals surface area (Å²) in [6.07, 6.45) is 1.45. The molecule has 1 N–H and O–H groups in total. The fourth-order valence-electron chi connectivity index (χ4n) is 3.17. The Labute approximate surface area is 172 Å². The molecule has 1 atom stereocenters. The van der Waals surface area contributed by atoms with Crippen LogP contribution in [-0.2, 0) is 9.53 Å². The molecular weight excluding hydrogens is 428 g/mol. The van der Waals surface area contributed by atoms with E-state index in [1.807, 2.05) is 32.9 Å². The van der Waals surface area contributed by atoms with Gasteiger partial charge in [-0.05, 0) is 61.3 Å². The van der Waals surface area contributed by atoms with Gasteiger partial charge in [0.05, 0.1) is 29.9 Å². The Hall–Kier alpha value is -2.55. The minimum absolute atomic E-state index is 0.281. The highest BCUT2D eigenvalue weighted by molar-refractivity contribution is 9.10. The number of rotatable bonds is 7. The maximum atomic E-state index is 12.7. The van der Waals surface area contributed by atoms with Crippen molar-refractivity contribution in [2.45, 2.75) is 33.7 Å². The first-order valence-electron chi connectivity index (χ1n) is 9.15. The highest BCUT2D eigenvalue weighted by atomic mass is 79.9. The van der Waals surface area contributed by atoms with E-state index in [0.29, 0.717) is 41.9 Å². The number of carbonyl (C=O) groups excluding carboxylic acids is 1. The number of hydrogen-bond donors (Lipinski definition) is 1. The molecule has 0 spiro atoms. The molecular formula is C19H23BrN4O4. The third-order valence-corrected chi connectivity index (χ3v) is 4.81. The van der Waals surface area contributed by atoms with Crippen LogP contribution in [0.4, 0.5) is 5.95 Å². The van der Waals surface area contributed by atoms with Gasteiger partial charge in [0.1, 0.15) is 12.4 Å². The van der Waals surface area contributed by atoms with E-state index >= 15 is 0 Å². The van der Waals surface area contributed by atoms with Crippen LogP contribution in [-0.4, -0.2) is 40.6 Å². The van der Waals surface area contributed by atoms with E-state index in [-0.39, 0.29) is 6.61 Å². The number of esters is 1. The molecule has 1 aliphatic heterocycles. The third-order valence-electron chi connectivity index (χ3n) is 4.23.